The number of carbonyl (C=O) groups is 1. The molecular formula is C10H15N3NaOP. The molecule has 0 aliphatic heterocycles. The SMILES string of the molecule is Cc1ccc(N)cc1C(=O)NNC(C)[PH-].[Na+]. The molecular weight excluding hydrogens is 232 g/mol. The fourth-order valence-corrected chi connectivity index (χ4v) is 1.20. The Kier molecular flexibility index (Phi) is 7.20. The molecule has 0 aliphatic carbocycles. The maximum absolute atomic E-state index is 11.7. The third-order valence-corrected chi connectivity index (χ3v) is 2.05. The predicted octanol–water partition coefficient (Wildman–Crippen LogP) is -1.70. The van der Waals surface area contributed by atoms with Crippen LogP contribution in [0.4, 0.5) is 5.69 Å². The van der Waals surface area contributed by atoms with Crippen molar-refractivity contribution in [1.82, 2.24) is 10.9 Å². The van der Waals surface area contributed by atoms with Gasteiger partial charge in [0.1, 0.15) is 0 Å². The summed E-state index contributed by atoms with van der Waals surface area (Å²) in [5.41, 5.74) is 13.0. The van der Waals surface area contributed by atoms with E-state index >= 15 is 0 Å². The molecule has 1 atom stereocenters. The maximum Gasteiger partial charge on any atom is 1.00 e. The van der Waals surface area contributed by atoms with Gasteiger partial charge in [-0.05, 0) is 24.6 Å². The maximum atomic E-state index is 11.7. The Morgan fingerprint density at radius 1 is 1.50 bits per heavy atom. The second-order valence-corrected chi connectivity index (χ2v) is 4.26. The zero-order chi connectivity index (χ0) is 11.4. The second-order valence-electron chi connectivity index (χ2n) is 3.39. The summed E-state index contributed by atoms with van der Waals surface area (Å²) < 4.78 is 0. The van der Waals surface area contributed by atoms with E-state index < -0.39 is 0 Å². The van der Waals surface area contributed by atoms with Crippen molar-refractivity contribution >= 4 is 20.8 Å². The smallest absolute Gasteiger partial charge is 0.538 e. The van der Waals surface area contributed by atoms with Gasteiger partial charge in [-0.3, -0.25) is 15.6 Å². The van der Waals surface area contributed by atoms with E-state index in [0.717, 1.165) is 5.56 Å². The standard InChI is InChI=1S/C10H15N3OP.Na/c1-6-3-4-8(11)5-9(6)10(14)13-12-7(2)15;/h3-5,7,12,15H,11H2,1-2H3,(H,13,14);/q-1;+1. The molecule has 1 aromatic rings. The molecule has 0 aliphatic rings. The first-order valence-corrected chi connectivity index (χ1v) is 5.21. The van der Waals surface area contributed by atoms with E-state index in [-0.39, 0.29) is 41.2 Å². The Hall–Kier alpha value is -0.120. The van der Waals surface area contributed by atoms with E-state index in [1.165, 1.54) is 0 Å². The molecule has 0 aromatic heterocycles. The molecule has 16 heavy (non-hydrogen) atoms. The van der Waals surface area contributed by atoms with Crippen molar-refractivity contribution in [3.63, 3.8) is 0 Å². The van der Waals surface area contributed by atoms with Gasteiger partial charge in [0.25, 0.3) is 5.91 Å². The first-order valence-electron chi connectivity index (χ1n) is 4.64. The van der Waals surface area contributed by atoms with Gasteiger partial charge in [0.15, 0.2) is 0 Å². The summed E-state index contributed by atoms with van der Waals surface area (Å²) in [4.78, 5) is 11.7. The number of aryl methyl sites for hydroxylation is 1. The topological polar surface area (TPSA) is 67.2 Å². The van der Waals surface area contributed by atoms with Gasteiger partial charge in [0.2, 0.25) is 0 Å². The fraction of sp³-hybridized carbons (Fsp3) is 0.300. The van der Waals surface area contributed by atoms with Crippen LogP contribution in [0.2, 0.25) is 0 Å². The van der Waals surface area contributed by atoms with Crippen molar-refractivity contribution in [2.75, 3.05) is 5.73 Å². The van der Waals surface area contributed by atoms with E-state index in [9.17, 15) is 4.79 Å². The van der Waals surface area contributed by atoms with E-state index in [1.54, 1.807) is 12.1 Å². The molecule has 1 rings (SSSR count). The number of hydrogen-bond acceptors (Lipinski definition) is 3. The van der Waals surface area contributed by atoms with Crippen LogP contribution in [0.5, 0.6) is 0 Å². The number of hydrogen-bond donors (Lipinski definition) is 3. The number of amides is 1. The fourth-order valence-electron chi connectivity index (χ4n) is 1.13. The Labute approximate surface area is 120 Å². The molecule has 0 fully saturated rings. The molecule has 1 unspecified atom stereocenters. The van der Waals surface area contributed by atoms with E-state index in [2.05, 4.69) is 20.1 Å². The van der Waals surface area contributed by atoms with Crippen LogP contribution in [-0.4, -0.2) is 11.7 Å². The van der Waals surface area contributed by atoms with Crippen LogP contribution in [0, 0.1) is 6.92 Å². The van der Waals surface area contributed by atoms with Gasteiger partial charge in [0.05, 0.1) is 0 Å². The van der Waals surface area contributed by atoms with Crippen LogP contribution < -0.4 is 46.1 Å². The second kappa shape index (κ2) is 7.25. The minimum Gasteiger partial charge on any atom is -0.538 e. The van der Waals surface area contributed by atoms with Crippen LogP contribution in [0.15, 0.2) is 18.2 Å². The Bertz CT molecular complexity index is 371. The summed E-state index contributed by atoms with van der Waals surface area (Å²) in [5, 5.41) is 0. The third kappa shape index (κ3) is 4.81. The molecule has 0 saturated heterocycles. The van der Waals surface area contributed by atoms with Crippen molar-refractivity contribution in [3.8, 4) is 0 Å². The first kappa shape index (κ1) is 15.9. The van der Waals surface area contributed by atoms with Gasteiger partial charge in [-0.2, -0.15) is 0 Å². The number of hydrazine groups is 1. The monoisotopic (exact) mass is 247 g/mol. The molecule has 0 saturated carbocycles. The minimum atomic E-state index is -0.190. The summed E-state index contributed by atoms with van der Waals surface area (Å²) in [7, 11) is 3.31. The molecule has 4 nitrogen and oxygen atoms in total. The number of carbonyl (C=O) groups excluding carboxylic acids is 1. The summed E-state index contributed by atoms with van der Waals surface area (Å²) in [6, 6.07) is 5.25. The van der Waals surface area contributed by atoms with Crippen molar-refractivity contribution in [2.24, 2.45) is 0 Å². The normalized spacial score (nSPS) is 11.4. The number of benzene rings is 1. The van der Waals surface area contributed by atoms with Crippen molar-refractivity contribution in [1.29, 1.82) is 0 Å². The Morgan fingerprint density at radius 2 is 2.12 bits per heavy atom. The minimum absolute atomic E-state index is 0. The van der Waals surface area contributed by atoms with E-state index in [1.807, 2.05) is 19.9 Å². The zero-order valence-electron chi connectivity index (χ0n) is 9.79. The Morgan fingerprint density at radius 3 is 2.69 bits per heavy atom. The molecule has 0 bridgehead atoms. The van der Waals surface area contributed by atoms with Crippen LogP contribution in [0.3, 0.4) is 0 Å². The summed E-state index contributed by atoms with van der Waals surface area (Å²) in [5.74, 6) is -0.180. The Balaban J connectivity index is 0.00000225. The predicted molar refractivity (Wildman–Crippen MR) is 64.0 cm³/mol. The van der Waals surface area contributed by atoms with Gasteiger partial charge in [-0.15, -0.1) is 5.78 Å². The number of anilines is 1. The van der Waals surface area contributed by atoms with Crippen molar-refractivity contribution in [2.45, 2.75) is 19.6 Å². The van der Waals surface area contributed by atoms with Crippen LogP contribution in [-0.2, 0) is 0 Å². The zero-order valence-corrected chi connectivity index (χ0v) is 12.8. The van der Waals surface area contributed by atoms with Gasteiger partial charge in [-0.25, -0.2) is 0 Å². The third-order valence-electron chi connectivity index (χ3n) is 1.91. The molecule has 0 heterocycles. The first-order chi connectivity index (χ1) is 7.00. The molecule has 6 heteroatoms. The molecule has 4 N–H and O–H groups in total. The van der Waals surface area contributed by atoms with Gasteiger partial charge in [-0.1, -0.05) is 13.0 Å². The summed E-state index contributed by atoms with van der Waals surface area (Å²) in [6.07, 6.45) is 0. The molecule has 82 valence electrons. The van der Waals surface area contributed by atoms with Gasteiger partial charge >= 0.3 is 29.6 Å². The van der Waals surface area contributed by atoms with Crippen LogP contribution in [0.1, 0.15) is 22.8 Å². The quantitative estimate of drug-likeness (QED) is 0.258. The van der Waals surface area contributed by atoms with Crippen LogP contribution >= 0.6 is 9.24 Å². The van der Waals surface area contributed by atoms with Gasteiger partial charge < -0.3 is 15.0 Å². The molecule has 0 radical (unpaired) electrons. The molecule has 0 spiro atoms. The number of rotatable bonds is 3. The summed E-state index contributed by atoms with van der Waals surface area (Å²) in [6.45, 7) is 3.73. The number of nitrogens with two attached hydrogens (primary N) is 1. The van der Waals surface area contributed by atoms with Crippen LogP contribution in [0.25, 0.3) is 0 Å². The van der Waals surface area contributed by atoms with Gasteiger partial charge in [0, 0.05) is 11.3 Å². The number of nitrogen functional groups attached to an aromatic ring is 1. The summed E-state index contributed by atoms with van der Waals surface area (Å²) >= 11 is 0. The van der Waals surface area contributed by atoms with Crippen molar-refractivity contribution in [3.05, 3.63) is 29.3 Å². The van der Waals surface area contributed by atoms with E-state index in [0.29, 0.717) is 11.3 Å². The number of nitrogens with one attached hydrogen (secondary N) is 2. The van der Waals surface area contributed by atoms with E-state index in [4.69, 9.17) is 5.73 Å². The molecule has 1 aromatic carbocycles. The average Bonchev–Trinajstić information content (AvgIpc) is 2.18. The average molecular weight is 247 g/mol. The molecule has 1 amide bonds. The van der Waals surface area contributed by atoms with Crippen molar-refractivity contribution < 1.29 is 34.4 Å². The largest absolute Gasteiger partial charge is 1.00 e.